The van der Waals surface area contributed by atoms with Crippen LogP contribution in [0, 0.1) is 0 Å². The summed E-state index contributed by atoms with van der Waals surface area (Å²) in [6.45, 7) is 4.19. The average Bonchev–Trinajstić information content (AvgIpc) is 2.63. The van der Waals surface area contributed by atoms with Crippen molar-refractivity contribution in [2.24, 2.45) is 0 Å². The van der Waals surface area contributed by atoms with Gasteiger partial charge in [-0.3, -0.25) is 9.59 Å². The van der Waals surface area contributed by atoms with Gasteiger partial charge in [-0.25, -0.2) is 0 Å². The molecule has 3 nitrogen and oxygen atoms in total. The highest BCUT2D eigenvalue weighted by molar-refractivity contribution is 6.30. The predicted octanol–water partition coefficient (Wildman–Crippen LogP) is 2.85. The number of halogens is 1. The molecule has 0 aliphatic carbocycles. The van der Waals surface area contributed by atoms with Crippen LogP contribution >= 0.6 is 11.6 Å². The van der Waals surface area contributed by atoms with Crippen LogP contribution in [0.5, 0.6) is 0 Å². The van der Waals surface area contributed by atoms with Crippen molar-refractivity contribution in [3.63, 3.8) is 0 Å². The van der Waals surface area contributed by atoms with Crippen molar-refractivity contribution in [2.75, 3.05) is 6.54 Å². The lowest BCUT2D eigenvalue weighted by Gasteiger charge is -2.30. The van der Waals surface area contributed by atoms with Crippen LogP contribution in [0.2, 0.25) is 5.02 Å². The molecule has 1 heterocycles. The number of aryl methyl sites for hydroxylation is 1. The summed E-state index contributed by atoms with van der Waals surface area (Å²) in [5.41, 5.74) is 0.443. The Morgan fingerprint density at radius 3 is 2.47 bits per heavy atom. The molecule has 2 rings (SSSR count). The lowest BCUT2D eigenvalue weighted by Crippen LogP contribution is -2.46. The fraction of sp³-hybridized carbons (Fsp3) is 0.467. The quantitative estimate of drug-likeness (QED) is 0.853. The van der Waals surface area contributed by atoms with E-state index in [0.717, 1.165) is 5.56 Å². The van der Waals surface area contributed by atoms with Crippen LogP contribution < -0.4 is 0 Å². The number of ketones is 1. The van der Waals surface area contributed by atoms with E-state index in [1.807, 2.05) is 38.1 Å². The third-order valence-electron chi connectivity index (χ3n) is 3.76. The third kappa shape index (κ3) is 2.98. The summed E-state index contributed by atoms with van der Waals surface area (Å²) in [5, 5.41) is 0.696. The summed E-state index contributed by atoms with van der Waals surface area (Å²) in [4.78, 5) is 25.6. The van der Waals surface area contributed by atoms with Crippen molar-refractivity contribution >= 4 is 23.3 Å². The molecule has 1 fully saturated rings. The smallest absolute Gasteiger partial charge is 0.223 e. The highest BCUT2D eigenvalue weighted by atomic mass is 35.5. The van der Waals surface area contributed by atoms with Crippen LogP contribution in [0.1, 0.15) is 32.3 Å². The zero-order chi connectivity index (χ0) is 14.0. The molecule has 1 aliphatic rings. The van der Waals surface area contributed by atoms with Crippen molar-refractivity contribution < 1.29 is 9.59 Å². The van der Waals surface area contributed by atoms with Gasteiger partial charge in [0.25, 0.3) is 0 Å². The fourth-order valence-corrected chi connectivity index (χ4v) is 2.55. The number of likely N-dealkylation sites (tertiary alicyclic amines) is 1. The van der Waals surface area contributed by atoms with Gasteiger partial charge in [-0.15, -0.1) is 0 Å². The van der Waals surface area contributed by atoms with Gasteiger partial charge >= 0.3 is 0 Å². The minimum Gasteiger partial charge on any atom is -0.330 e. The van der Waals surface area contributed by atoms with Crippen LogP contribution in [0.25, 0.3) is 0 Å². The SMILES string of the molecule is CC1(C)C(=O)CCN1C(=O)CCc1ccc(Cl)cc1. The standard InChI is InChI=1S/C15H18ClNO2/c1-15(2)13(18)9-10-17(15)14(19)8-5-11-3-6-12(16)7-4-11/h3-4,6-7H,5,8-10H2,1-2H3. The van der Waals surface area contributed by atoms with E-state index in [1.54, 1.807) is 4.90 Å². The Labute approximate surface area is 118 Å². The molecule has 0 unspecified atom stereocenters. The number of Topliss-reactive ketones (excluding diaryl/α,β-unsaturated/α-hetero) is 1. The van der Waals surface area contributed by atoms with Gasteiger partial charge in [-0.2, -0.15) is 0 Å². The first-order chi connectivity index (χ1) is 8.91. The molecule has 0 atom stereocenters. The summed E-state index contributed by atoms with van der Waals surface area (Å²) >= 11 is 5.82. The Balaban J connectivity index is 1.95. The molecule has 102 valence electrons. The Kier molecular flexibility index (Phi) is 3.95. The number of benzene rings is 1. The lowest BCUT2D eigenvalue weighted by atomic mass is 10.00. The topological polar surface area (TPSA) is 37.4 Å². The van der Waals surface area contributed by atoms with E-state index in [1.165, 1.54) is 0 Å². The highest BCUT2D eigenvalue weighted by Gasteiger charge is 2.42. The second-order valence-electron chi connectivity index (χ2n) is 5.40. The van der Waals surface area contributed by atoms with Crippen molar-refractivity contribution in [3.8, 4) is 0 Å². The lowest BCUT2D eigenvalue weighted by molar-refractivity contribution is -0.138. The van der Waals surface area contributed by atoms with Gasteiger partial charge in [0.15, 0.2) is 5.78 Å². The first-order valence-electron chi connectivity index (χ1n) is 6.49. The summed E-state index contributed by atoms with van der Waals surface area (Å²) in [7, 11) is 0. The first kappa shape index (κ1) is 14.1. The van der Waals surface area contributed by atoms with Gasteiger partial charge in [0.1, 0.15) is 0 Å². The largest absolute Gasteiger partial charge is 0.330 e. The van der Waals surface area contributed by atoms with Gasteiger partial charge in [0, 0.05) is 24.4 Å². The molecule has 0 spiro atoms. The molecule has 4 heteroatoms. The van der Waals surface area contributed by atoms with Crippen LogP contribution in [-0.4, -0.2) is 28.7 Å². The first-order valence-corrected chi connectivity index (χ1v) is 6.87. The van der Waals surface area contributed by atoms with E-state index in [9.17, 15) is 9.59 Å². The molecule has 1 amide bonds. The number of hydrogen-bond donors (Lipinski definition) is 0. The molecule has 0 radical (unpaired) electrons. The van der Waals surface area contributed by atoms with E-state index in [4.69, 9.17) is 11.6 Å². The second-order valence-corrected chi connectivity index (χ2v) is 5.84. The van der Waals surface area contributed by atoms with Gasteiger partial charge in [0.05, 0.1) is 5.54 Å². The zero-order valence-corrected chi connectivity index (χ0v) is 12.0. The maximum absolute atomic E-state index is 12.2. The molecule has 1 aromatic rings. The maximum Gasteiger partial charge on any atom is 0.223 e. The molecule has 0 N–H and O–H groups in total. The average molecular weight is 280 g/mol. The van der Waals surface area contributed by atoms with Crippen LogP contribution in [0.15, 0.2) is 24.3 Å². The molecule has 0 bridgehead atoms. The number of rotatable bonds is 3. The number of amides is 1. The van der Waals surface area contributed by atoms with Gasteiger partial charge in [0.2, 0.25) is 5.91 Å². The summed E-state index contributed by atoms with van der Waals surface area (Å²) in [6.07, 6.45) is 1.58. The van der Waals surface area contributed by atoms with E-state index in [-0.39, 0.29) is 11.7 Å². The Hall–Kier alpha value is -1.35. The fourth-order valence-electron chi connectivity index (χ4n) is 2.42. The normalized spacial score (nSPS) is 17.8. The number of hydrogen-bond acceptors (Lipinski definition) is 2. The molecule has 19 heavy (non-hydrogen) atoms. The molecule has 0 aromatic heterocycles. The van der Waals surface area contributed by atoms with Crippen LogP contribution in [0.4, 0.5) is 0 Å². The summed E-state index contributed by atoms with van der Waals surface area (Å²) < 4.78 is 0. The van der Waals surface area contributed by atoms with Gasteiger partial charge in [-0.1, -0.05) is 23.7 Å². The minimum absolute atomic E-state index is 0.0470. The summed E-state index contributed by atoms with van der Waals surface area (Å²) in [5.74, 6) is 0.193. The number of carbonyl (C=O) groups is 2. The van der Waals surface area contributed by atoms with Crippen LogP contribution in [0.3, 0.4) is 0 Å². The minimum atomic E-state index is -0.642. The third-order valence-corrected chi connectivity index (χ3v) is 4.01. The van der Waals surface area contributed by atoms with Gasteiger partial charge in [-0.05, 0) is 38.0 Å². The van der Waals surface area contributed by atoms with Gasteiger partial charge < -0.3 is 4.90 Å². The van der Waals surface area contributed by atoms with Crippen molar-refractivity contribution in [1.82, 2.24) is 4.90 Å². The van der Waals surface area contributed by atoms with E-state index >= 15 is 0 Å². The molecule has 1 saturated heterocycles. The zero-order valence-electron chi connectivity index (χ0n) is 11.3. The molecule has 1 aromatic carbocycles. The van der Waals surface area contributed by atoms with E-state index in [0.29, 0.717) is 30.8 Å². The second kappa shape index (κ2) is 5.33. The molecular formula is C15H18ClNO2. The van der Waals surface area contributed by atoms with Crippen molar-refractivity contribution in [3.05, 3.63) is 34.9 Å². The Bertz CT molecular complexity index is 493. The van der Waals surface area contributed by atoms with Crippen molar-refractivity contribution in [1.29, 1.82) is 0 Å². The molecule has 1 aliphatic heterocycles. The number of nitrogens with zero attached hydrogens (tertiary/aromatic N) is 1. The Morgan fingerprint density at radius 2 is 1.95 bits per heavy atom. The van der Waals surface area contributed by atoms with E-state index in [2.05, 4.69) is 0 Å². The molecular weight excluding hydrogens is 262 g/mol. The maximum atomic E-state index is 12.2. The monoisotopic (exact) mass is 279 g/mol. The highest BCUT2D eigenvalue weighted by Crippen LogP contribution is 2.26. The predicted molar refractivity (Wildman–Crippen MR) is 75.2 cm³/mol. The molecule has 0 saturated carbocycles. The Morgan fingerprint density at radius 1 is 1.32 bits per heavy atom. The van der Waals surface area contributed by atoms with Crippen molar-refractivity contribution in [2.45, 2.75) is 38.6 Å². The van der Waals surface area contributed by atoms with E-state index < -0.39 is 5.54 Å². The summed E-state index contributed by atoms with van der Waals surface area (Å²) in [6, 6.07) is 7.50. The van der Waals surface area contributed by atoms with Crippen LogP contribution in [-0.2, 0) is 16.0 Å². The number of carbonyl (C=O) groups excluding carboxylic acids is 2.